The third-order valence-electron chi connectivity index (χ3n) is 3.05. The lowest BCUT2D eigenvalue weighted by molar-refractivity contribution is 0.121. The van der Waals surface area contributed by atoms with Gasteiger partial charge in [-0.15, -0.1) is 0 Å². The largest absolute Gasteiger partial charge is 0.380 e. The molecule has 0 amide bonds. The average Bonchev–Trinajstić information content (AvgIpc) is 2.81. The summed E-state index contributed by atoms with van der Waals surface area (Å²) in [4.78, 5) is 6.83. The normalized spacial score (nSPS) is 19.9. The van der Waals surface area contributed by atoms with Crippen molar-refractivity contribution in [2.24, 2.45) is 0 Å². The summed E-state index contributed by atoms with van der Waals surface area (Å²) in [5.41, 5.74) is 0.896. The second kappa shape index (κ2) is 5.67. The Hall–Kier alpha value is -0.840. The van der Waals surface area contributed by atoms with E-state index in [9.17, 15) is 0 Å². The minimum absolute atomic E-state index is 0.320. The van der Waals surface area contributed by atoms with Gasteiger partial charge in [-0.1, -0.05) is 11.6 Å². The van der Waals surface area contributed by atoms with Crippen LogP contribution in [0.1, 0.15) is 12.1 Å². The number of nitrogens with zero attached hydrogens (tertiary/aromatic N) is 2. The second-order valence-electron chi connectivity index (χ2n) is 4.22. The average molecular weight is 256 g/mol. The lowest BCUT2D eigenvalue weighted by Gasteiger charge is -2.18. The highest BCUT2D eigenvalue weighted by Gasteiger charge is 2.23. The topological polar surface area (TPSA) is 37.4 Å². The number of pyridine rings is 1. The zero-order valence-electron chi connectivity index (χ0n) is 10.2. The van der Waals surface area contributed by atoms with Gasteiger partial charge in [-0.05, 0) is 25.6 Å². The molecule has 94 valence electrons. The summed E-state index contributed by atoms with van der Waals surface area (Å²) in [5.74, 6) is 0.985. The van der Waals surface area contributed by atoms with Gasteiger partial charge in [-0.25, -0.2) is 4.98 Å². The van der Waals surface area contributed by atoms with Crippen molar-refractivity contribution in [1.29, 1.82) is 0 Å². The van der Waals surface area contributed by atoms with Crippen molar-refractivity contribution < 1.29 is 4.74 Å². The molecule has 0 spiro atoms. The Kier molecular flexibility index (Phi) is 4.20. The fraction of sp³-hybridized carbons (Fsp3) is 0.583. The Balaban J connectivity index is 2.13. The summed E-state index contributed by atoms with van der Waals surface area (Å²) in [5, 5.41) is 3.79. The molecule has 2 heterocycles. The molecule has 0 aromatic carbocycles. The van der Waals surface area contributed by atoms with Gasteiger partial charge in [0.05, 0.1) is 16.8 Å². The molecule has 1 N–H and O–H groups in total. The van der Waals surface area contributed by atoms with E-state index in [1.807, 2.05) is 19.2 Å². The Morgan fingerprint density at radius 2 is 2.41 bits per heavy atom. The standard InChI is InChI=1S/C12H18ClN3O/c1-14-7-11-10(13)3-4-12(15-11)16-6-5-9(8-16)17-2/h3-4,9,14H,5-8H2,1-2H3. The van der Waals surface area contributed by atoms with Gasteiger partial charge in [0.15, 0.2) is 0 Å². The SMILES string of the molecule is CNCc1nc(N2CCC(OC)C2)ccc1Cl. The molecule has 5 heteroatoms. The highest BCUT2D eigenvalue weighted by Crippen LogP contribution is 2.23. The van der Waals surface area contributed by atoms with Gasteiger partial charge in [0, 0.05) is 26.7 Å². The van der Waals surface area contributed by atoms with Gasteiger partial charge in [0.25, 0.3) is 0 Å². The van der Waals surface area contributed by atoms with Gasteiger partial charge in [-0.3, -0.25) is 0 Å². The number of aromatic nitrogens is 1. The van der Waals surface area contributed by atoms with Crippen molar-refractivity contribution in [3.63, 3.8) is 0 Å². The summed E-state index contributed by atoms with van der Waals surface area (Å²) < 4.78 is 5.36. The number of rotatable bonds is 4. The molecule has 1 unspecified atom stereocenters. The molecule has 4 nitrogen and oxygen atoms in total. The summed E-state index contributed by atoms with van der Waals surface area (Å²) in [6.45, 7) is 2.59. The molecule has 0 aliphatic carbocycles. The first-order chi connectivity index (χ1) is 8.24. The fourth-order valence-electron chi connectivity index (χ4n) is 2.07. The number of anilines is 1. The predicted molar refractivity (Wildman–Crippen MR) is 69.6 cm³/mol. The van der Waals surface area contributed by atoms with Gasteiger partial charge in [0.2, 0.25) is 0 Å². The van der Waals surface area contributed by atoms with Crippen LogP contribution in [0.15, 0.2) is 12.1 Å². The van der Waals surface area contributed by atoms with Gasteiger partial charge in [0.1, 0.15) is 5.82 Å². The third kappa shape index (κ3) is 2.89. The molecule has 0 radical (unpaired) electrons. The first-order valence-electron chi connectivity index (χ1n) is 5.82. The van der Waals surface area contributed by atoms with Crippen LogP contribution in [0.2, 0.25) is 5.02 Å². The summed E-state index contributed by atoms with van der Waals surface area (Å²) in [7, 11) is 3.65. The number of methoxy groups -OCH3 is 1. The van der Waals surface area contributed by atoms with E-state index < -0.39 is 0 Å². The van der Waals surface area contributed by atoms with E-state index in [4.69, 9.17) is 16.3 Å². The minimum atomic E-state index is 0.320. The molecule has 1 atom stereocenters. The van der Waals surface area contributed by atoms with E-state index in [-0.39, 0.29) is 0 Å². The highest BCUT2D eigenvalue weighted by atomic mass is 35.5. The molecule has 1 aromatic rings. The molecule has 1 saturated heterocycles. The molecular formula is C12H18ClN3O. The van der Waals surface area contributed by atoms with E-state index in [0.29, 0.717) is 17.7 Å². The molecule has 17 heavy (non-hydrogen) atoms. The first kappa shape index (κ1) is 12.6. The van der Waals surface area contributed by atoms with Crippen molar-refractivity contribution in [2.45, 2.75) is 19.1 Å². The maximum absolute atomic E-state index is 6.09. The maximum Gasteiger partial charge on any atom is 0.129 e. The Morgan fingerprint density at radius 1 is 1.59 bits per heavy atom. The lowest BCUT2D eigenvalue weighted by Crippen LogP contribution is -2.23. The molecule has 2 rings (SSSR count). The number of nitrogens with one attached hydrogen (secondary N) is 1. The van der Waals surface area contributed by atoms with Crippen molar-refractivity contribution in [3.8, 4) is 0 Å². The van der Waals surface area contributed by atoms with Gasteiger partial charge >= 0.3 is 0 Å². The smallest absolute Gasteiger partial charge is 0.129 e. The van der Waals surface area contributed by atoms with Crippen LogP contribution in [0.3, 0.4) is 0 Å². The van der Waals surface area contributed by atoms with Crippen molar-refractivity contribution in [2.75, 3.05) is 32.1 Å². The lowest BCUT2D eigenvalue weighted by atomic mass is 10.3. The van der Waals surface area contributed by atoms with Crippen LogP contribution in [0.5, 0.6) is 0 Å². The molecule has 1 aliphatic rings. The van der Waals surface area contributed by atoms with Crippen LogP contribution in [0.25, 0.3) is 0 Å². The van der Waals surface area contributed by atoms with Crippen molar-refractivity contribution in [3.05, 3.63) is 22.8 Å². The highest BCUT2D eigenvalue weighted by molar-refractivity contribution is 6.31. The molecule has 1 fully saturated rings. The first-order valence-corrected chi connectivity index (χ1v) is 6.20. The van der Waals surface area contributed by atoms with Crippen molar-refractivity contribution in [1.82, 2.24) is 10.3 Å². The Bertz CT molecular complexity index is 386. The molecule has 1 aromatic heterocycles. The molecule has 0 saturated carbocycles. The Labute approximate surface area is 107 Å². The quantitative estimate of drug-likeness (QED) is 0.888. The summed E-state index contributed by atoms with van der Waals surface area (Å²) in [6, 6.07) is 3.89. The Morgan fingerprint density at radius 3 is 3.06 bits per heavy atom. The van der Waals surface area contributed by atoms with Crippen LogP contribution >= 0.6 is 11.6 Å². The zero-order chi connectivity index (χ0) is 12.3. The number of hydrogen-bond acceptors (Lipinski definition) is 4. The monoisotopic (exact) mass is 255 g/mol. The minimum Gasteiger partial charge on any atom is -0.380 e. The number of hydrogen-bond donors (Lipinski definition) is 1. The molecule has 1 aliphatic heterocycles. The van der Waals surface area contributed by atoms with E-state index in [0.717, 1.165) is 31.0 Å². The van der Waals surface area contributed by atoms with E-state index in [2.05, 4.69) is 15.2 Å². The molecular weight excluding hydrogens is 238 g/mol. The molecule has 0 bridgehead atoms. The van der Waals surface area contributed by atoms with Gasteiger partial charge < -0.3 is 15.0 Å². The summed E-state index contributed by atoms with van der Waals surface area (Å²) in [6.07, 6.45) is 1.38. The van der Waals surface area contributed by atoms with E-state index in [1.54, 1.807) is 7.11 Å². The predicted octanol–water partition coefficient (Wildman–Crippen LogP) is 1.68. The number of ether oxygens (including phenoxy) is 1. The van der Waals surface area contributed by atoms with E-state index >= 15 is 0 Å². The maximum atomic E-state index is 6.09. The van der Waals surface area contributed by atoms with E-state index in [1.165, 1.54) is 0 Å². The van der Waals surface area contributed by atoms with Crippen LogP contribution in [0, 0.1) is 0 Å². The van der Waals surface area contributed by atoms with Crippen LogP contribution in [0.4, 0.5) is 5.82 Å². The van der Waals surface area contributed by atoms with Crippen LogP contribution in [-0.2, 0) is 11.3 Å². The zero-order valence-corrected chi connectivity index (χ0v) is 11.0. The van der Waals surface area contributed by atoms with Crippen molar-refractivity contribution >= 4 is 17.4 Å². The number of halogens is 1. The van der Waals surface area contributed by atoms with Crippen LogP contribution < -0.4 is 10.2 Å². The fourth-order valence-corrected chi connectivity index (χ4v) is 2.24. The second-order valence-corrected chi connectivity index (χ2v) is 4.63. The summed E-state index contributed by atoms with van der Waals surface area (Å²) >= 11 is 6.09. The van der Waals surface area contributed by atoms with Crippen LogP contribution in [-0.4, -0.2) is 38.3 Å². The third-order valence-corrected chi connectivity index (χ3v) is 3.39. The van der Waals surface area contributed by atoms with Gasteiger partial charge in [-0.2, -0.15) is 0 Å².